The highest BCUT2D eigenvalue weighted by Gasteiger charge is 2.27. The molecule has 0 bridgehead atoms. The van der Waals surface area contributed by atoms with E-state index < -0.39 is 0 Å². The van der Waals surface area contributed by atoms with Gasteiger partial charge in [-0.05, 0) is 42.7 Å². The van der Waals surface area contributed by atoms with E-state index in [9.17, 15) is 0 Å². The monoisotopic (exact) mass is 246 g/mol. The van der Waals surface area contributed by atoms with Crippen molar-refractivity contribution in [2.75, 3.05) is 11.9 Å². The van der Waals surface area contributed by atoms with Crippen molar-refractivity contribution in [1.82, 2.24) is 0 Å². The molecular formula is C16H26N2. The zero-order chi connectivity index (χ0) is 13.1. The van der Waals surface area contributed by atoms with Crippen molar-refractivity contribution in [3.05, 3.63) is 29.8 Å². The number of rotatable bonds is 3. The first-order valence-corrected chi connectivity index (χ1v) is 7.14. The number of benzene rings is 1. The van der Waals surface area contributed by atoms with E-state index in [1.165, 1.54) is 30.5 Å². The van der Waals surface area contributed by atoms with Crippen molar-refractivity contribution in [2.45, 2.75) is 45.7 Å². The van der Waals surface area contributed by atoms with Crippen LogP contribution >= 0.6 is 0 Å². The number of hydrogen-bond acceptors (Lipinski definition) is 2. The third-order valence-electron chi connectivity index (χ3n) is 4.71. The minimum absolute atomic E-state index is 0.624. The summed E-state index contributed by atoms with van der Waals surface area (Å²) in [6.45, 7) is 5.40. The summed E-state index contributed by atoms with van der Waals surface area (Å²) in [4.78, 5) is 2.45. The molecule has 0 spiro atoms. The summed E-state index contributed by atoms with van der Waals surface area (Å²) in [7, 11) is 2.22. The second-order valence-corrected chi connectivity index (χ2v) is 5.87. The number of nitrogens with zero attached hydrogens (tertiary/aromatic N) is 1. The molecule has 2 rings (SSSR count). The summed E-state index contributed by atoms with van der Waals surface area (Å²) in [5.41, 5.74) is 8.41. The highest BCUT2D eigenvalue weighted by atomic mass is 15.1. The molecule has 1 aromatic carbocycles. The van der Waals surface area contributed by atoms with E-state index in [0.717, 1.165) is 11.8 Å². The topological polar surface area (TPSA) is 29.3 Å². The Morgan fingerprint density at radius 3 is 2.56 bits per heavy atom. The van der Waals surface area contributed by atoms with Crippen LogP contribution in [0.25, 0.3) is 0 Å². The van der Waals surface area contributed by atoms with E-state index in [2.05, 4.69) is 50.1 Å². The Morgan fingerprint density at radius 1 is 1.17 bits per heavy atom. The molecule has 1 aromatic rings. The first-order chi connectivity index (χ1) is 8.63. The van der Waals surface area contributed by atoms with Crippen LogP contribution in [0.5, 0.6) is 0 Å². The molecule has 2 N–H and O–H groups in total. The molecule has 2 nitrogen and oxygen atoms in total. The molecule has 0 radical (unpaired) electrons. The molecule has 1 aliphatic rings. The van der Waals surface area contributed by atoms with Gasteiger partial charge < -0.3 is 10.6 Å². The van der Waals surface area contributed by atoms with Crippen molar-refractivity contribution in [1.29, 1.82) is 0 Å². The summed E-state index contributed by atoms with van der Waals surface area (Å²) in [5, 5.41) is 0. The minimum atomic E-state index is 0.624. The maximum Gasteiger partial charge on any atom is 0.0411 e. The van der Waals surface area contributed by atoms with E-state index in [-0.39, 0.29) is 0 Å². The lowest BCUT2D eigenvalue weighted by atomic mass is 9.78. The fraction of sp³-hybridized carbons (Fsp3) is 0.625. The van der Waals surface area contributed by atoms with E-state index in [0.29, 0.717) is 12.6 Å². The Hall–Kier alpha value is -1.02. The Kier molecular flexibility index (Phi) is 4.28. The van der Waals surface area contributed by atoms with Crippen LogP contribution in [-0.4, -0.2) is 13.1 Å². The van der Waals surface area contributed by atoms with Gasteiger partial charge in [0.15, 0.2) is 0 Å². The fourth-order valence-electron chi connectivity index (χ4n) is 3.10. The van der Waals surface area contributed by atoms with Crippen LogP contribution in [0, 0.1) is 11.8 Å². The predicted molar refractivity (Wildman–Crippen MR) is 78.7 cm³/mol. The standard InChI is InChI=1S/C16H26N2/c1-12-8-9-15(10-13(12)2)18(3)16-7-5-4-6-14(16)11-17/h4-7,12-13,15H,8-11,17H2,1-3H3. The zero-order valence-corrected chi connectivity index (χ0v) is 11.9. The van der Waals surface area contributed by atoms with Crippen LogP contribution < -0.4 is 10.6 Å². The first kappa shape index (κ1) is 13.4. The van der Waals surface area contributed by atoms with E-state index in [1.807, 2.05) is 0 Å². The molecular weight excluding hydrogens is 220 g/mol. The molecule has 1 aliphatic carbocycles. The molecule has 100 valence electrons. The maximum atomic E-state index is 5.84. The third kappa shape index (κ3) is 2.69. The summed E-state index contributed by atoms with van der Waals surface area (Å²) in [6.07, 6.45) is 3.96. The van der Waals surface area contributed by atoms with Crippen LogP contribution in [0.4, 0.5) is 5.69 Å². The van der Waals surface area contributed by atoms with Gasteiger partial charge in [-0.3, -0.25) is 0 Å². The Bertz CT molecular complexity index is 388. The average molecular weight is 246 g/mol. The lowest BCUT2D eigenvalue weighted by Crippen LogP contribution is -2.38. The Morgan fingerprint density at radius 2 is 1.89 bits per heavy atom. The fourth-order valence-corrected chi connectivity index (χ4v) is 3.10. The molecule has 0 aliphatic heterocycles. The maximum absolute atomic E-state index is 5.84. The molecule has 3 atom stereocenters. The average Bonchev–Trinajstić information content (AvgIpc) is 2.41. The first-order valence-electron chi connectivity index (χ1n) is 7.14. The normalized spacial score (nSPS) is 28.1. The SMILES string of the molecule is CC1CCC(N(C)c2ccccc2CN)CC1C. The largest absolute Gasteiger partial charge is 0.371 e. The van der Waals surface area contributed by atoms with Gasteiger partial charge in [-0.2, -0.15) is 0 Å². The highest BCUT2D eigenvalue weighted by Crippen LogP contribution is 2.34. The van der Waals surface area contributed by atoms with Crippen molar-refractivity contribution < 1.29 is 0 Å². The van der Waals surface area contributed by atoms with Crippen molar-refractivity contribution in [2.24, 2.45) is 17.6 Å². The highest BCUT2D eigenvalue weighted by molar-refractivity contribution is 5.53. The minimum Gasteiger partial charge on any atom is -0.371 e. The summed E-state index contributed by atoms with van der Waals surface area (Å²) in [6, 6.07) is 9.19. The second-order valence-electron chi connectivity index (χ2n) is 5.87. The predicted octanol–water partition coefficient (Wildman–Crippen LogP) is 3.41. The number of anilines is 1. The van der Waals surface area contributed by atoms with Gasteiger partial charge in [-0.15, -0.1) is 0 Å². The van der Waals surface area contributed by atoms with Gasteiger partial charge in [-0.1, -0.05) is 32.0 Å². The van der Waals surface area contributed by atoms with Gasteiger partial charge in [0.1, 0.15) is 0 Å². The van der Waals surface area contributed by atoms with Crippen molar-refractivity contribution in [3.63, 3.8) is 0 Å². The molecule has 0 aromatic heterocycles. The summed E-state index contributed by atoms with van der Waals surface area (Å²) >= 11 is 0. The van der Waals surface area contributed by atoms with Crippen molar-refractivity contribution >= 4 is 5.69 Å². The molecule has 0 heterocycles. The Labute approximate surface area is 111 Å². The van der Waals surface area contributed by atoms with Gasteiger partial charge >= 0.3 is 0 Å². The third-order valence-corrected chi connectivity index (χ3v) is 4.71. The molecule has 2 heteroatoms. The van der Waals surface area contributed by atoms with Gasteiger partial charge in [0.2, 0.25) is 0 Å². The van der Waals surface area contributed by atoms with Crippen molar-refractivity contribution in [3.8, 4) is 0 Å². The number of nitrogens with two attached hydrogens (primary N) is 1. The summed E-state index contributed by atoms with van der Waals surface area (Å²) in [5.74, 6) is 1.70. The molecule has 0 saturated heterocycles. The molecule has 18 heavy (non-hydrogen) atoms. The van der Waals surface area contributed by atoms with Crippen LogP contribution in [0.3, 0.4) is 0 Å². The van der Waals surface area contributed by atoms with Gasteiger partial charge in [0, 0.05) is 25.3 Å². The van der Waals surface area contributed by atoms with E-state index in [1.54, 1.807) is 0 Å². The smallest absolute Gasteiger partial charge is 0.0411 e. The Balaban J connectivity index is 2.13. The van der Waals surface area contributed by atoms with E-state index in [4.69, 9.17) is 5.73 Å². The number of para-hydroxylation sites is 1. The second kappa shape index (κ2) is 5.75. The molecule has 1 fully saturated rings. The van der Waals surface area contributed by atoms with Crippen LogP contribution in [0.15, 0.2) is 24.3 Å². The number of hydrogen-bond donors (Lipinski definition) is 1. The van der Waals surface area contributed by atoms with Crippen LogP contribution in [0.1, 0.15) is 38.7 Å². The lowest BCUT2D eigenvalue weighted by Gasteiger charge is -2.39. The van der Waals surface area contributed by atoms with Crippen LogP contribution in [0.2, 0.25) is 0 Å². The lowest BCUT2D eigenvalue weighted by molar-refractivity contribution is 0.247. The molecule has 3 unspecified atom stereocenters. The van der Waals surface area contributed by atoms with E-state index >= 15 is 0 Å². The molecule has 1 saturated carbocycles. The molecule has 0 amide bonds. The summed E-state index contributed by atoms with van der Waals surface area (Å²) < 4.78 is 0. The van der Waals surface area contributed by atoms with Gasteiger partial charge in [0.05, 0.1) is 0 Å². The van der Waals surface area contributed by atoms with Crippen LogP contribution in [-0.2, 0) is 6.54 Å². The zero-order valence-electron chi connectivity index (χ0n) is 11.9. The van der Waals surface area contributed by atoms with Gasteiger partial charge in [0.25, 0.3) is 0 Å². The van der Waals surface area contributed by atoms with Gasteiger partial charge in [-0.25, -0.2) is 0 Å². The quantitative estimate of drug-likeness (QED) is 0.885.